The zero-order chi connectivity index (χ0) is 5.70. The topological polar surface area (TPSA) is 26.3 Å². The molecular formula is C3H4ClO2P. The van der Waals surface area contributed by atoms with Crippen molar-refractivity contribution in [1.29, 1.82) is 0 Å². The van der Waals surface area contributed by atoms with Crippen molar-refractivity contribution in [3.8, 4) is 5.63 Å². The normalized spacial score (nSPS) is 12.3. The standard InChI is InChI=1S/C3H4ClO2P/c1-6-3(4)2-7-5/h3H,1H3. The summed E-state index contributed by atoms with van der Waals surface area (Å²) in [5.74, 6) is 0. The molecule has 0 heterocycles. The number of hydrogen-bond acceptors (Lipinski definition) is 2. The number of hydrogen-bond donors (Lipinski definition) is 0. The van der Waals surface area contributed by atoms with Crippen molar-refractivity contribution in [2.75, 3.05) is 7.11 Å². The first-order valence-corrected chi connectivity index (χ1v) is 2.81. The van der Waals surface area contributed by atoms with Gasteiger partial charge in [0.15, 0.2) is 0 Å². The van der Waals surface area contributed by atoms with Crippen molar-refractivity contribution in [3.63, 3.8) is 0 Å². The summed E-state index contributed by atoms with van der Waals surface area (Å²) < 4.78 is 14.0. The Morgan fingerprint density at radius 3 is 2.71 bits per heavy atom. The van der Waals surface area contributed by atoms with Crippen LogP contribution < -0.4 is 0 Å². The Hall–Kier alpha value is 0.260. The van der Waals surface area contributed by atoms with E-state index in [4.69, 9.17) is 11.6 Å². The molecule has 7 heavy (non-hydrogen) atoms. The van der Waals surface area contributed by atoms with E-state index in [-0.39, 0.29) is 7.92 Å². The van der Waals surface area contributed by atoms with Crippen molar-refractivity contribution < 1.29 is 9.30 Å². The van der Waals surface area contributed by atoms with Crippen LogP contribution in [0.25, 0.3) is 0 Å². The fraction of sp³-hybridized carbons (Fsp3) is 0.667. The first-order chi connectivity index (χ1) is 3.31. The van der Waals surface area contributed by atoms with Gasteiger partial charge in [-0.2, -0.15) is 0 Å². The molecular weight excluding hydrogens is 134 g/mol. The summed E-state index contributed by atoms with van der Waals surface area (Å²) in [5.41, 5.74) is 1.60. The van der Waals surface area contributed by atoms with Crippen LogP contribution in [0.5, 0.6) is 0 Å². The Labute approximate surface area is 47.9 Å². The van der Waals surface area contributed by atoms with Gasteiger partial charge in [0.25, 0.3) is 0 Å². The molecule has 0 radical (unpaired) electrons. The van der Waals surface area contributed by atoms with Crippen LogP contribution in [0.4, 0.5) is 0 Å². The molecule has 4 heteroatoms. The van der Waals surface area contributed by atoms with Gasteiger partial charge in [0.2, 0.25) is 0 Å². The molecule has 40 valence electrons. The summed E-state index contributed by atoms with van der Waals surface area (Å²) in [6.45, 7) is 0. The maximum absolute atomic E-state index is 9.60. The van der Waals surface area contributed by atoms with Crippen LogP contribution in [-0.4, -0.2) is 12.7 Å². The molecule has 0 spiro atoms. The molecule has 0 bridgehead atoms. The molecule has 0 aromatic heterocycles. The average molecular weight is 138 g/mol. The third-order valence-electron chi connectivity index (χ3n) is 0.361. The Kier molecular flexibility index (Phi) is 4.58. The van der Waals surface area contributed by atoms with Crippen LogP contribution in [0.3, 0.4) is 0 Å². The molecule has 0 aliphatic carbocycles. The van der Waals surface area contributed by atoms with Crippen LogP contribution in [0.2, 0.25) is 0 Å². The molecule has 1 atom stereocenters. The van der Waals surface area contributed by atoms with Gasteiger partial charge in [0.1, 0.15) is 0 Å². The number of rotatable bonds is 1. The van der Waals surface area contributed by atoms with Crippen molar-refractivity contribution in [1.82, 2.24) is 0 Å². The zero-order valence-electron chi connectivity index (χ0n) is 3.72. The number of methoxy groups -OCH3 is 1. The predicted octanol–water partition coefficient (Wildman–Crippen LogP) is 1.45. The molecule has 0 aromatic rings. The van der Waals surface area contributed by atoms with E-state index in [2.05, 4.69) is 10.4 Å². The molecule has 0 saturated heterocycles. The summed E-state index contributed by atoms with van der Waals surface area (Å²) in [5, 5.41) is 0. The van der Waals surface area contributed by atoms with Gasteiger partial charge < -0.3 is 0 Å². The molecule has 0 aromatic carbocycles. The van der Waals surface area contributed by atoms with Crippen LogP contribution in [0, 0.1) is 5.63 Å². The van der Waals surface area contributed by atoms with Crippen LogP contribution in [0.1, 0.15) is 0 Å². The minimum atomic E-state index is -0.654. The molecule has 0 N–H and O–H groups in total. The van der Waals surface area contributed by atoms with Gasteiger partial charge in [0.05, 0.1) is 0 Å². The van der Waals surface area contributed by atoms with Gasteiger partial charge in [-0.15, -0.1) is 0 Å². The first-order valence-electron chi connectivity index (χ1n) is 1.56. The zero-order valence-corrected chi connectivity index (χ0v) is 5.37. The van der Waals surface area contributed by atoms with E-state index in [9.17, 15) is 4.57 Å². The maximum atomic E-state index is 9.60. The van der Waals surface area contributed by atoms with Crippen LogP contribution >= 0.6 is 19.5 Å². The molecule has 0 aliphatic rings. The van der Waals surface area contributed by atoms with Crippen molar-refractivity contribution in [2.24, 2.45) is 0 Å². The molecule has 0 amide bonds. The fourth-order valence-corrected chi connectivity index (χ4v) is 0.402. The van der Waals surface area contributed by atoms with E-state index in [1.807, 2.05) is 0 Å². The Morgan fingerprint density at radius 2 is 2.57 bits per heavy atom. The number of ether oxygens (including phenoxy) is 1. The third kappa shape index (κ3) is 4.11. The first kappa shape index (κ1) is 7.26. The van der Waals surface area contributed by atoms with Crippen molar-refractivity contribution in [2.45, 2.75) is 5.56 Å². The van der Waals surface area contributed by atoms with Gasteiger partial charge in [-0.05, 0) is 0 Å². The summed E-state index contributed by atoms with van der Waals surface area (Å²) in [4.78, 5) is 0. The summed E-state index contributed by atoms with van der Waals surface area (Å²) >= 11 is 5.23. The average Bonchev–Trinajstić information content (AvgIpc) is 1.68. The third-order valence-corrected chi connectivity index (χ3v) is 1.14. The van der Waals surface area contributed by atoms with E-state index in [0.717, 1.165) is 0 Å². The minimum absolute atomic E-state index is 0.217. The van der Waals surface area contributed by atoms with E-state index in [1.54, 1.807) is 0 Å². The van der Waals surface area contributed by atoms with Crippen molar-refractivity contribution in [3.05, 3.63) is 0 Å². The van der Waals surface area contributed by atoms with Gasteiger partial charge in [-0.3, -0.25) is 0 Å². The summed E-state index contributed by atoms with van der Waals surface area (Å²) in [6, 6.07) is 0. The molecule has 0 saturated carbocycles. The van der Waals surface area contributed by atoms with Crippen molar-refractivity contribution >= 4 is 19.5 Å². The Bertz CT molecular complexity index is 127. The molecule has 0 aliphatic heterocycles. The molecule has 0 fully saturated rings. The Balaban J connectivity index is 3.50. The number of alkyl halides is 1. The van der Waals surface area contributed by atoms with Crippen LogP contribution in [-0.2, 0) is 9.30 Å². The van der Waals surface area contributed by atoms with Gasteiger partial charge in [0, 0.05) is 0 Å². The predicted molar refractivity (Wildman–Crippen MR) is 28.1 cm³/mol. The fourth-order valence-electron chi connectivity index (χ4n) is 0.0941. The molecule has 1 unspecified atom stereocenters. The quantitative estimate of drug-likeness (QED) is 0.405. The van der Waals surface area contributed by atoms with Gasteiger partial charge >= 0.3 is 47.1 Å². The second kappa shape index (κ2) is 4.42. The second-order valence-corrected chi connectivity index (χ2v) is 1.61. The SMILES string of the molecule is COC(Cl)C#P=O. The Morgan fingerprint density at radius 1 is 2.00 bits per heavy atom. The van der Waals surface area contributed by atoms with Crippen LogP contribution in [0.15, 0.2) is 0 Å². The second-order valence-electron chi connectivity index (χ2n) is 0.772. The van der Waals surface area contributed by atoms with E-state index >= 15 is 0 Å². The summed E-state index contributed by atoms with van der Waals surface area (Å²) in [6.07, 6.45) is 0. The summed E-state index contributed by atoms with van der Waals surface area (Å²) in [7, 11) is 1.20. The van der Waals surface area contributed by atoms with E-state index < -0.39 is 5.56 Å². The van der Waals surface area contributed by atoms with Gasteiger partial charge in [-0.25, -0.2) is 0 Å². The number of halogens is 1. The van der Waals surface area contributed by atoms with E-state index in [0.29, 0.717) is 0 Å². The van der Waals surface area contributed by atoms with Gasteiger partial charge in [-0.1, -0.05) is 0 Å². The molecule has 2 nitrogen and oxygen atoms in total. The monoisotopic (exact) mass is 138 g/mol. The van der Waals surface area contributed by atoms with E-state index in [1.165, 1.54) is 7.11 Å². The molecule has 0 rings (SSSR count).